The lowest BCUT2D eigenvalue weighted by Gasteiger charge is -2.40. The van der Waals surface area contributed by atoms with Crippen LogP contribution in [-0.4, -0.2) is 29.3 Å². The predicted molar refractivity (Wildman–Crippen MR) is 85.2 cm³/mol. The number of ether oxygens (including phenoxy) is 1. The fourth-order valence-electron chi connectivity index (χ4n) is 2.79. The van der Waals surface area contributed by atoms with Gasteiger partial charge < -0.3 is 15.0 Å². The van der Waals surface area contributed by atoms with Crippen molar-refractivity contribution in [1.82, 2.24) is 10.1 Å². The summed E-state index contributed by atoms with van der Waals surface area (Å²) < 4.78 is 11.2. The van der Waals surface area contributed by atoms with E-state index in [1.165, 1.54) is 0 Å². The van der Waals surface area contributed by atoms with E-state index < -0.39 is 5.60 Å². The van der Waals surface area contributed by atoms with Crippen LogP contribution in [0.4, 0.5) is 0 Å². The van der Waals surface area contributed by atoms with Crippen LogP contribution in [-0.2, 0) is 10.3 Å². The smallest absolute Gasteiger partial charge is 0.243 e. The summed E-state index contributed by atoms with van der Waals surface area (Å²) in [5.74, 6) is 2.18. The third kappa shape index (κ3) is 3.79. The topological polar surface area (TPSA) is 74.2 Å². The molecule has 1 fully saturated rings. The molecule has 120 valence electrons. The highest BCUT2D eigenvalue weighted by atomic mass is 32.2. The largest absolute Gasteiger partial charge is 0.370 e. The van der Waals surface area contributed by atoms with Gasteiger partial charge >= 0.3 is 0 Å². The number of hydrogen-bond acceptors (Lipinski definition) is 6. The minimum Gasteiger partial charge on any atom is -0.370 e. The first-order valence-corrected chi connectivity index (χ1v) is 8.96. The third-order valence-corrected chi connectivity index (χ3v) is 5.25. The Balaban J connectivity index is 2.11. The molecule has 0 amide bonds. The van der Waals surface area contributed by atoms with Gasteiger partial charge in [0.1, 0.15) is 5.60 Å². The van der Waals surface area contributed by atoms with Crippen molar-refractivity contribution in [3.8, 4) is 0 Å². The fourth-order valence-corrected chi connectivity index (χ4v) is 3.28. The maximum absolute atomic E-state index is 6.10. The molecule has 0 bridgehead atoms. The first-order valence-electron chi connectivity index (χ1n) is 7.56. The molecule has 0 saturated heterocycles. The summed E-state index contributed by atoms with van der Waals surface area (Å²) in [7, 11) is 1.74. The van der Waals surface area contributed by atoms with Crippen LogP contribution in [0, 0.1) is 5.41 Å². The first kappa shape index (κ1) is 16.8. The number of aromatic nitrogens is 2. The van der Waals surface area contributed by atoms with E-state index in [2.05, 4.69) is 30.2 Å². The normalized spacial score (nSPS) is 22.1. The molecule has 1 saturated carbocycles. The van der Waals surface area contributed by atoms with Crippen LogP contribution in [0.3, 0.4) is 0 Å². The molecule has 1 aromatic rings. The quantitative estimate of drug-likeness (QED) is 0.869. The minimum atomic E-state index is -0.406. The highest BCUT2D eigenvalue weighted by Crippen LogP contribution is 2.46. The first-order chi connectivity index (χ1) is 9.92. The molecular formula is C15H27N3O2S. The van der Waals surface area contributed by atoms with E-state index in [9.17, 15) is 0 Å². The maximum Gasteiger partial charge on any atom is 0.243 e. The highest BCUT2D eigenvalue weighted by molar-refractivity contribution is 7.98. The number of methoxy groups -OCH3 is 1. The van der Waals surface area contributed by atoms with E-state index >= 15 is 0 Å². The van der Waals surface area contributed by atoms with Gasteiger partial charge in [-0.25, -0.2) is 0 Å². The summed E-state index contributed by atoms with van der Waals surface area (Å²) in [4.78, 5) is 4.54. The van der Waals surface area contributed by atoms with Crippen molar-refractivity contribution in [2.24, 2.45) is 11.1 Å². The Morgan fingerprint density at radius 3 is 2.57 bits per heavy atom. The third-order valence-electron chi connectivity index (χ3n) is 4.60. The molecule has 6 heteroatoms. The average molecular weight is 313 g/mol. The standard InChI is InChI=1S/C15H27N3O2S/c1-14(2)6-8-15(19-3,9-7-14)13-17-12(20-18-13)11(16)5-10-21-4/h11H,5-10,16H2,1-4H3/t11-/m0/s1. The van der Waals surface area contributed by atoms with Crippen LogP contribution in [0.2, 0.25) is 0 Å². The molecule has 1 aromatic heterocycles. The number of nitrogens with zero attached hydrogens (tertiary/aromatic N) is 2. The van der Waals surface area contributed by atoms with Crippen LogP contribution < -0.4 is 5.73 Å². The Bertz CT molecular complexity index is 452. The van der Waals surface area contributed by atoms with Gasteiger partial charge in [-0.2, -0.15) is 16.7 Å². The van der Waals surface area contributed by atoms with Gasteiger partial charge in [-0.1, -0.05) is 19.0 Å². The summed E-state index contributed by atoms with van der Waals surface area (Å²) in [5.41, 5.74) is 6.06. The molecule has 1 aliphatic rings. The van der Waals surface area contributed by atoms with Crippen LogP contribution in [0.25, 0.3) is 0 Å². The van der Waals surface area contributed by atoms with Gasteiger partial charge in [-0.05, 0) is 49.5 Å². The summed E-state index contributed by atoms with van der Waals surface area (Å²) >= 11 is 1.77. The predicted octanol–water partition coefficient (Wildman–Crippen LogP) is 3.26. The number of rotatable bonds is 6. The van der Waals surface area contributed by atoms with Crippen molar-refractivity contribution >= 4 is 11.8 Å². The zero-order chi connectivity index (χ0) is 15.5. The van der Waals surface area contributed by atoms with Crippen molar-refractivity contribution in [1.29, 1.82) is 0 Å². The molecule has 21 heavy (non-hydrogen) atoms. The van der Waals surface area contributed by atoms with E-state index in [-0.39, 0.29) is 6.04 Å². The van der Waals surface area contributed by atoms with Gasteiger partial charge in [0.15, 0.2) is 0 Å². The molecule has 0 aromatic carbocycles. The van der Waals surface area contributed by atoms with Gasteiger partial charge in [0.05, 0.1) is 6.04 Å². The summed E-state index contributed by atoms with van der Waals surface area (Å²) in [6.07, 6.45) is 6.96. The van der Waals surface area contributed by atoms with Crippen LogP contribution in [0.15, 0.2) is 4.52 Å². The van der Waals surface area contributed by atoms with E-state index in [0.29, 0.717) is 17.1 Å². The van der Waals surface area contributed by atoms with Gasteiger partial charge in [-0.15, -0.1) is 0 Å². The summed E-state index contributed by atoms with van der Waals surface area (Å²) in [5, 5.41) is 4.16. The Morgan fingerprint density at radius 1 is 1.33 bits per heavy atom. The molecule has 0 unspecified atom stereocenters. The van der Waals surface area contributed by atoms with Crippen LogP contribution in [0.5, 0.6) is 0 Å². The van der Waals surface area contributed by atoms with Crippen molar-refractivity contribution < 1.29 is 9.26 Å². The molecular weight excluding hydrogens is 286 g/mol. The van der Waals surface area contributed by atoms with Crippen LogP contribution >= 0.6 is 11.8 Å². The van der Waals surface area contributed by atoms with Crippen molar-refractivity contribution in [2.45, 2.75) is 57.6 Å². The Kier molecular flexibility index (Phi) is 5.33. The van der Waals surface area contributed by atoms with Gasteiger partial charge in [0.25, 0.3) is 0 Å². The lowest BCUT2D eigenvalue weighted by molar-refractivity contribution is -0.0740. The highest BCUT2D eigenvalue weighted by Gasteiger charge is 2.43. The van der Waals surface area contributed by atoms with E-state index in [1.807, 2.05) is 0 Å². The lowest BCUT2D eigenvalue weighted by Crippen LogP contribution is -2.37. The summed E-state index contributed by atoms with van der Waals surface area (Å²) in [6, 6.07) is -0.187. The molecule has 1 atom stereocenters. The fraction of sp³-hybridized carbons (Fsp3) is 0.867. The number of hydrogen-bond donors (Lipinski definition) is 1. The van der Waals surface area contributed by atoms with Crippen molar-refractivity contribution in [2.75, 3.05) is 19.1 Å². The molecule has 1 aliphatic carbocycles. The Morgan fingerprint density at radius 2 is 2.00 bits per heavy atom. The molecule has 2 N–H and O–H groups in total. The molecule has 0 spiro atoms. The van der Waals surface area contributed by atoms with Gasteiger partial charge in [-0.3, -0.25) is 0 Å². The summed E-state index contributed by atoms with van der Waals surface area (Å²) in [6.45, 7) is 4.60. The van der Waals surface area contributed by atoms with Crippen molar-refractivity contribution in [3.63, 3.8) is 0 Å². The Labute approximate surface area is 131 Å². The second kappa shape index (κ2) is 6.67. The number of nitrogens with two attached hydrogens (primary N) is 1. The second-order valence-electron chi connectivity index (χ2n) is 6.71. The lowest BCUT2D eigenvalue weighted by atomic mass is 9.70. The number of thioether (sulfide) groups is 1. The monoisotopic (exact) mass is 313 g/mol. The van der Waals surface area contributed by atoms with Gasteiger partial charge in [0, 0.05) is 7.11 Å². The molecule has 2 rings (SSSR count). The van der Waals surface area contributed by atoms with E-state index in [1.54, 1.807) is 18.9 Å². The van der Waals surface area contributed by atoms with Crippen molar-refractivity contribution in [3.05, 3.63) is 11.7 Å². The second-order valence-corrected chi connectivity index (χ2v) is 7.69. The van der Waals surface area contributed by atoms with E-state index in [4.69, 9.17) is 15.0 Å². The maximum atomic E-state index is 6.10. The van der Waals surface area contributed by atoms with E-state index in [0.717, 1.165) is 37.9 Å². The van der Waals surface area contributed by atoms with Crippen LogP contribution in [0.1, 0.15) is 63.7 Å². The molecule has 0 radical (unpaired) electrons. The minimum absolute atomic E-state index is 0.187. The van der Waals surface area contributed by atoms with Gasteiger partial charge in [0.2, 0.25) is 11.7 Å². The zero-order valence-electron chi connectivity index (χ0n) is 13.5. The molecule has 0 aliphatic heterocycles. The Hall–Kier alpha value is -0.590. The average Bonchev–Trinajstić information content (AvgIpc) is 2.96. The molecule has 1 heterocycles. The zero-order valence-corrected chi connectivity index (χ0v) is 14.3. The molecule has 5 nitrogen and oxygen atoms in total. The SMILES string of the molecule is COC1(c2noc([C@@H](N)CCSC)n2)CCC(C)(C)CC1.